The fourth-order valence-electron chi connectivity index (χ4n) is 1.42. The van der Waals surface area contributed by atoms with Gasteiger partial charge in [0.25, 0.3) is 5.56 Å². The molecule has 1 aromatic rings. The second-order valence-corrected chi connectivity index (χ2v) is 4.44. The number of nitrogens with one attached hydrogen (secondary N) is 1. The van der Waals surface area contributed by atoms with Crippen LogP contribution in [0.3, 0.4) is 0 Å². The van der Waals surface area contributed by atoms with Crippen molar-refractivity contribution in [3.05, 3.63) is 26.4 Å². The van der Waals surface area contributed by atoms with E-state index in [0.29, 0.717) is 6.54 Å². The molecule has 0 saturated heterocycles. The molecule has 0 spiro atoms. The summed E-state index contributed by atoms with van der Waals surface area (Å²) >= 11 is 0. The SMILES string of the molecule is Cn1c(O)c(C=NCC[NH+](C)C)c(=O)n(C)c1=O. The number of aromatic hydroxyl groups is 1. The molecule has 0 aliphatic carbocycles. The molecule has 1 heterocycles. The van der Waals surface area contributed by atoms with E-state index in [1.807, 2.05) is 14.1 Å². The minimum Gasteiger partial charge on any atom is -0.494 e. The Balaban J connectivity index is 3.11. The summed E-state index contributed by atoms with van der Waals surface area (Å²) in [4.78, 5) is 28.6. The first-order valence-electron chi connectivity index (χ1n) is 5.64. The monoisotopic (exact) mass is 255 g/mol. The highest BCUT2D eigenvalue weighted by molar-refractivity contribution is 5.81. The van der Waals surface area contributed by atoms with Crippen LogP contribution in [-0.4, -0.2) is 47.6 Å². The Morgan fingerprint density at radius 2 is 1.89 bits per heavy atom. The van der Waals surface area contributed by atoms with Crippen molar-refractivity contribution in [2.24, 2.45) is 19.1 Å². The lowest BCUT2D eigenvalue weighted by atomic mass is 10.3. The van der Waals surface area contributed by atoms with Gasteiger partial charge >= 0.3 is 5.69 Å². The molecule has 0 aliphatic rings. The number of likely N-dealkylation sites (N-methyl/N-ethyl adjacent to an activating group) is 1. The van der Waals surface area contributed by atoms with Crippen LogP contribution in [0.2, 0.25) is 0 Å². The van der Waals surface area contributed by atoms with E-state index in [2.05, 4.69) is 4.99 Å². The number of nitrogens with zero attached hydrogens (tertiary/aromatic N) is 3. The van der Waals surface area contributed by atoms with Crippen LogP contribution >= 0.6 is 0 Å². The summed E-state index contributed by atoms with van der Waals surface area (Å²) in [5, 5.41) is 9.75. The highest BCUT2D eigenvalue weighted by Gasteiger charge is 2.12. The average molecular weight is 255 g/mol. The van der Waals surface area contributed by atoms with Crippen molar-refractivity contribution in [1.29, 1.82) is 0 Å². The molecule has 0 saturated carbocycles. The van der Waals surface area contributed by atoms with E-state index in [1.54, 1.807) is 0 Å². The molecule has 0 fully saturated rings. The van der Waals surface area contributed by atoms with Gasteiger partial charge in [0.15, 0.2) is 0 Å². The third-order valence-corrected chi connectivity index (χ3v) is 2.63. The molecule has 0 atom stereocenters. The minimum atomic E-state index is -0.563. The van der Waals surface area contributed by atoms with Crippen LogP contribution in [0.4, 0.5) is 0 Å². The van der Waals surface area contributed by atoms with Crippen LogP contribution in [0, 0.1) is 0 Å². The summed E-state index contributed by atoms with van der Waals surface area (Å²) in [5.41, 5.74) is -1.07. The third kappa shape index (κ3) is 2.86. The first-order chi connectivity index (χ1) is 8.36. The van der Waals surface area contributed by atoms with Gasteiger partial charge in [-0.25, -0.2) is 4.79 Å². The van der Waals surface area contributed by atoms with E-state index in [1.165, 1.54) is 25.2 Å². The van der Waals surface area contributed by atoms with Gasteiger partial charge in [0.1, 0.15) is 5.56 Å². The van der Waals surface area contributed by atoms with Crippen LogP contribution in [0.1, 0.15) is 5.56 Å². The normalized spacial score (nSPS) is 11.6. The second-order valence-electron chi connectivity index (χ2n) is 4.44. The third-order valence-electron chi connectivity index (χ3n) is 2.63. The largest absolute Gasteiger partial charge is 0.494 e. The van der Waals surface area contributed by atoms with E-state index in [0.717, 1.165) is 15.7 Å². The quantitative estimate of drug-likeness (QED) is 0.577. The molecule has 2 N–H and O–H groups in total. The van der Waals surface area contributed by atoms with Crippen molar-refractivity contribution >= 4 is 6.21 Å². The molecule has 0 aromatic carbocycles. The molecule has 7 nitrogen and oxygen atoms in total. The van der Waals surface area contributed by atoms with E-state index in [-0.39, 0.29) is 11.4 Å². The summed E-state index contributed by atoms with van der Waals surface area (Å²) in [6, 6.07) is 0. The van der Waals surface area contributed by atoms with Crippen molar-refractivity contribution in [3.8, 4) is 5.88 Å². The van der Waals surface area contributed by atoms with Crippen molar-refractivity contribution in [3.63, 3.8) is 0 Å². The highest BCUT2D eigenvalue weighted by Crippen LogP contribution is 2.05. The number of rotatable bonds is 4. The van der Waals surface area contributed by atoms with Gasteiger partial charge in [-0.05, 0) is 0 Å². The first-order valence-corrected chi connectivity index (χ1v) is 5.64. The second kappa shape index (κ2) is 5.63. The van der Waals surface area contributed by atoms with Crippen molar-refractivity contribution in [2.75, 3.05) is 27.2 Å². The molecule has 0 bridgehead atoms. The van der Waals surface area contributed by atoms with Gasteiger partial charge in [0.05, 0.1) is 27.2 Å². The highest BCUT2D eigenvalue weighted by atomic mass is 16.3. The molecule has 0 amide bonds. The Morgan fingerprint density at radius 1 is 1.28 bits per heavy atom. The van der Waals surface area contributed by atoms with Gasteiger partial charge in [0.2, 0.25) is 5.88 Å². The molecular weight excluding hydrogens is 236 g/mol. The summed E-state index contributed by atoms with van der Waals surface area (Å²) in [6.45, 7) is 1.37. The van der Waals surface area contributed by atoms with Crippen LogP contribution in [-0.2, 0) is 14.1 Å². The Morgan fingerprint density at radius 3 is 2.44 bits per heavy atom. The molecule has 1 aromatic heterocycles. The van der Waals surface area contributed by atoms with Gasteiger partial charge in [-0.2, -0.15) is 0 Å². The standard InChI is InChI=1S/C11H18N4O3/c1-13(2)6-5-12-7-8-9(16)14(3)11(18)15(4)10(8)17/h7,16H,5-6H2,1-4H3/p+1. The number of aliphatic imine (C=N–C) groups is 1. The smallest absolute Gasteiger partial charge is 0.333 e. The maximum atomic E-state index is 11.8. The van der Waals surface area contributed by atoms with E-state index in [9.17, 15) is 14.7 Å². The van der Waals surface area contributed by atoms with Gasteiger partial charge in [0, 0.05) is 20.3 Å². The average Bonchev–Trinajstić information content (AvgIpc) is 2.32. The summed E-state index contributed by atoms with van der Waals surface area (Å²) in [6.07, 6.45) is 1.32. The Labute approximate surface area is 105 Å². The molecular formula is C11H19N4O3+. The van der Waals surface area contributed by atoms with Crippen LogP contribution in [0.15, 0.2) is 14.6 Å². The Bertz CT molecular complexity index is 569. The zero-order valence-corrected chi connectivity index (χ0v) is 11.1. The van der Waals surface area contributed by atoms with E-state index in [4.69, 9.17) is 0 Å². The fourth-order valence-corrected chi connectivity index (χ4v) is 1.42. The predicted octanol–water partition coefficient (Wildman–Crippen LogP) is -2.65. The lowest BCUT2D eigenvalue weighted by Crippen LogP contribution is -3.06. The Hall–Kier alpha value is -1.89. The molecule has 0 radical (unpaired) electrons. The first kappa shape index (κ1) is 14.2. The number of aromatic nitrogens is 2. The summed E-state index contributed by atoms with van der Waals surface area (Å²) in [5.74, 6) is -0.357. The van der Waals surface area contributed by atoms with Crippen molar-refractivity contribution in [2.45, 2.75) is 0 Å². The number of quaternary nitrogens is 1. The van der Waals surface area contributed by atoms with E-state index >= 15 is 0 Å². The van der Waals surface area contributed by atoms with Gasteiger partial charge in [-0.15, -0.1) is 0 Å². The zero-order chi connectivity index (χ0) is 13.9. The maximum Gasteiger partial charge on any atom is 0.333 e. The topological polar surface area (TPSA) is 81.0 Å². The van der Waals surface area contributed by atoms with Crippen molar-refractivity contribution in [1.82, 2.24) is 9.13 Å². The number of hydrogen-bond donors (Lipinski definition) is 2. The lowest BCUT2D eigenvalue weighted by molar-refractivity contribution is -0.856. The summed E-state index contributed by atoms with van der Waals surface area (Å²) in [7, 11) is 6.76. The fraction of sp³-hybridized carbons (Fsp3) is 0.545. The van der Waals surface area contributed by atoms with Crippen LogP contribution < -0.4 is 16.1 Å². The van der Waals surface area contributed by atoms with Crippen molar-refractivity contribution < 1.29 is 10.0 Å². The zero-order valence-electron chi connectivity index (χ0n) is 11.1. The maximum absolute atomic E-state index is 11.8. The molecule has 7 heteroatoms. The van der Waals surface area contributed by atoms with Gasteiger partial charge < -0.3 is 10.0 Å². The van der Waals surface area contributed by atoms with Gasteiger partial charge in [-0.3, -0.25) is 18.9 Å². The predicted molar refractivity (Wildman–Crippen MR) is 68.7 cm³/mol. The lowest BCUT2D eigenvalue weighted by Gasteiger charge is -2.07. The molecule has 0 unspecified atom stereocenters. The molecule has 100 valence electrons. The van der Waals surface area contributed by atoms with Crippen LogP contribution in [0.5, 0.6) is 5.88 Å². The van der Waals surface area contributed by atoms with E-state index < -0.39 is 11.2 Å². The van der Waals surface area contributed by atoms with Gasteiger partial charge in [-0.1, -0.05) is 0 Å². The minimum absolute atomic E-state index is 0.0355. The van der Waals surface area contributed by atoms with Crippen LogP contribution in [0.25, 0.3) is 0 Å². The summed E-state index contributed by atoms with van der Waals surface area (Å²) < 4.78 is 1.96. The molecule has 18 heavy (non-hydrogen) atoms. The molecule has 0 aliphatic heterocycles. The number of hydrogen-bond acceptors (Lipinski definition) is 4. The Kier molecular flexibility index (Phi) is 4.43. The molecule has 1 rings (SSSR count).